The van der Waals surface area contributed by atoms with Crippen molar-refractivity contribution >= 4 is 22.7 Å². The van der Waals surface area contributed by atoms with E-state index in [1.165, 1.54) is 0 Å². The van der Waals surface area contributed by atoms with E-state index < -0.39 is 27.3 Å². The van der Waals surface area contributed by atoms with Crippen molar-refractivity contribution in [2.45, 2.75) is 75.0 Å². The van der Waals surface area contributed by atoms with E-state index in [2.05, 4.69) is 12.6 Å². The molecule has 0 fully saturated rings. The van der Waals surface area contributed by atoms with Gasteiger partial charge in [-0.15, -0.1) is 0 Å². The Hall–Kier alpha value is 1.05. The van der Waals surface area contributed by atoms with Crippen LogP contribution in [-0.4, -0.2) is 23.7 Å². The third-order valence-corrected chi connectivity index (χ3v) is 4.99. The van der Waals surface area contributed by atoms with Crippen LogP contribution >= 0.6 is 12.6 Å². The van der Waals surface area contributed by atoms with Gasteiger partial charge in [0.25, 0.3) is 10.1 Å². The second kappa shape index (κ2) is 12.5. The molecule has 0 aromatic rings. The van der Waals surface area contributed by atoms with Crippen LogP contribution in [0.1, 0.15) is 65.6 Å². The molecule has 0 aliphatic carbocycles. The molecule has 21 heavy (non-hydrogen) atoms. The maximum Gasteiger partial charge on any atom is 1.00 e. The normalized spacial score (nSPS) is 13.8. The summed E-state index contributed by atoms with van der Waals surface area (Å²) in [6, 6.07) is 0. The maximum atomic E-state index is 11.9. The molecule has 0 amide bonds. The van der Waals surface area contributed by atoms with Crippen molar-refractivity contribution in [3.8, 4) is 0 Å². The first kappa shape index (κ1) is 24.3. The molecule has 0 spiro atoms. The van der Waals surface area contributed by atoms with Crippen LogP contribution in [-0.2, 0) is 10.1 Å². The first-order valence-electron chi connectivity index (χ1n) is 6.84. The molecule has 1 atom stereocenters. The summed E-state index contributed by atoms with van der Waals surface area (Å²) in [7, 11) is -4.05. The smallest absolute Gasteiger partial charge is 1.00 e. The van der Waals surface area contributed by atoms with Crippen LogP contribution in [0.25, 0.3) is 0 Å². The fourth-order valence-corrected chi connectivity index (χ4v) is 2.50. The number of halogens is 3. The van der Waals surface area contributed by atoms with Crippen molar-refractivity contribution < 1.29 is 57.1 Å². The molecule has 0 aliphatic rings. The molecule has 1 unspecified atom stereocenters. The van der Waals surface area contributed by atoms with Crippen molar-refractivity contribution in [1.82, 2.24) is 0 Å². The Morgan fingerprint density at radius 3 is 1.71 bits per heavy atom. The van der Waals surface area contributed by atoms with E-state index in [0.29, 0.717) is 19.3 Å². The predicted octanol–water partition coefficient (Wildman–Crippen LogP) is 1.71. The van der Waals surface area contributed by atoms with E-state index in [0.717, 1.165) is 32.1 Å². The van der Waals surface area contributed by atoms with E-state index in [4.69, 9.17) is 4.55 Å². The molecule has 124 valence electrons. The van der Waals surface area contributed by atoms with Crippen molar-refractivity contribution in [2.24, 2.45) is 0 Å². The summed E-state index contributed by atoms with van der Waals surface area (Å²) in [4.78, 5) is 0. The quantitative estimate of drug-likeness (QED) is 0.255. The Labute approximate surface area is 154 Å². The molecule has 0 heterocycles. The van der Waals surface area contributed by atoms with Crippen molar-refractivity contribution in [2.75, 3.05) is 0 Å². The minimum absolute atomic E-state index is 0. The molecule has 0 aromatic carbocycles. The van der Waals surface area contributed by atoms with E-state index in [1.807, 2.05) is 0 Å². The summed E-state index contributed by atoms with van der Waals surface area (Å²) in [5.41, 5.74) is 0. The number of hydrogen-bond donors (Lipinski definition) is 2. The second-order valence-corrected chi connectivity index (χ2v) is 7.52. The first-order valence-corrected chi connectivity index (χ1v) is 8.86. The molecule has 0 radical (unpaired) electrons. The van der Waals surface area contributed by atoms with E-state index in [-0.39, 0.29) is 37.4 Å². The SMILES string of the molecule is O=S(=O)(O)C(S)CCCCCCCCCCC(F)(F)F.[H-].[Na+]. The number of thiol groups is 1. The monoisotopic (exact) mass is 360 g/mol. The summed E-state index contributed by atoms with van der Waals surface area (Å²) in [6.07, 6.45) is 1.43. The minimum atomic E-state index is -4.05. The molecule has 0 aliphatic heterocycles. The predicted molar refractivity (Wildman–Crippen MR) is 77.7 cm³/mol. The van der Waals surface area contributed by atoms with Gasteiger partial charge < -0.3 is 1.43 Å². The summed E-state index contributed by atoms with van der Waals surface area (Å²) in [5, 5.41) is 0. The van der Waals surface area contributed by atoms with Gasteiger partial charge in [-0.25, -0.2) is 0 Å². The average Bonchev–Trinajstić information content (AvgIpc) is 2.28. The molecule has 0 bridgehead atoms. The second-order valence-electron chi connectivity index (χ2n) is 4.95. The van der Waals surface area contributed by atoms with Gasteiger partial charge in [0.1, 0.15) is 4.58 Å². The minimum Gasteiger partial charge on any atom is -1.00 e. The number of alkyl halides is 3. The van der Waals surface area contributed by atoms with Gasteiger partial charge in [-0.1, -0.05) is 44.9 Å². The molecule has 0 rings (SSSR count). The van der Waals surface area contributed by atoms with Crippen LogP contribution in [0.5, 0.6) is 0 Å². The topological polar surface area (TPSA) is 54.4 Å². The maximum absolute atomic E-state index is 11.9. The zero-order valence-electron chi connectivity index (χ0n) is 13.4. The molecule has 0 saturated heterocycles. The van der Waals surface area contributed by atoms with Crippen LogP contribution in [0, 0.1) is 0 Å². The van der Waals surface area contributed by atoms with Gasteiger partial charge in [-0.2, -0.15) is 34.2 Å². The Bertz CT molecular complexity index is 354. The van der Waals surface area contributed by atoms with Crippen LogP contribution in [0.15, 0.2) is 0 Å². The summed E-state index contributed by atoms with van der Waals surface area (Å²) >= 11 is 3.79. The van der Waals surface area contributed by atoms with Gasteiger partial charge in [0.15, 0.2) is 0 Å². The van der Waals surface area contributed by atoms with E-state index in [9.17, 15) is 21.6 Å². The van der Waals surface area contributed by atoms with Crippen molar-refractivity contribution in [1.29, 1.82) is 0 Å². The zero-order chi connectivity index (χ0) is 15.6. The molecule has 1 N–H and O–H groups in total. The molecular weight excluding hydrogens is 336 g/mol. The molecule has 3 nitrogen and oxygen atoms in total. The fourth-order valence-electron chi connectivity index (χ4n) is 1.85. The summed E-state index contributed by atoms with van der Waals surface area (Å²) in [5.74, 6) is 0. The number of hydrogen-bond acceptors (Lipinski definition) is 3. The van der Waals surface area contributed by atoms with Crippen molar-refractivity contribution in [3.05, 3.63) is 0 Å². The van der Waals surface area contributed by atoms with Crippen molar-refractivity contribution in [3.63, 3.8) is 0 Å². The third kappa shape index (κ3) is 17.2. The standard InChI is InChI=1S/C12H23F3O3S2.Na.H/c13-12(14,15)10-8-6-4-2-1-3-5-7-9-11(19)20(16,17)18;;/h11,19H,1-10H2,(H,16,17,18);;/q;+1;-1. The van der Waals surface area contributed by atoms with E-state index >= 15 is 0 Å². The van der Waals surface area contributed by atoms with E-state index in [1.54, 1.807) is 0 Å². The zero-order valence-corrected chi connectivity index (χ0v) is 16.1. The Morgan fingerprint density at radius 2 is 1.33 bits per heavy atom. The van der Waals surface area contributed by atoms with Gasteiger partial charge in [0, 0.05) is 6.42 Å². The van der Waals surface area contributed by atoms with Gasteiger partial charge in [-0.05, 0) is 12.8 Å². The Kier molecular flexibility index (Phi) is 14.4. The van der Waals surface area contributed by atoms with Crippen LogP contribution in [0.4, 0.5) is 13.2 Å². The van der Waals surface area contributed by atoms with Gasteiger partial charge in [-0.3, -0.25) is 4.55 Å². The molecular formula is C12H24F3NaO3S2. The van der Waals surface area contributed by atoms with Crippen LogP contribution in [0.2, 0.25) is 0 Å². The number of rotatable bonds is 11. The molecule has 0 aromatic heterocycles. The van der Waals surface area contributed by atoms with Crippen LogP contribution < -0.4 is 29.6 Å². The average molecular weight is 360 g/mol. The largest absolute Gasteiger partial charge is 1.00 e. The Morgan fingerprint density at radius 1 is 0.952 bits per heavy atom. The molecule has 0 saturated carbocycles. The van der Waals surface area contributed by atoms with Gasteiger partial charge >= 0.3 is 35.7 Å². The van der Waals surface area contributed by atoms with Crippen LogP contribution in [0.3, 0.4) is 0 Å². The summed E-state index contributed by atoms with van der Waals surface area (Å²) in [6.45, 7) is 0. The summed E-state index contributed by atoms with van der Waals surface area (Å²) < 4.78 is 64.6. The Balaban J connectivity index is -0.00000180. The molecule has 9 heteroatoms. The van der Waals surface area contributed by atoms with Gasteiger partial charge in [0.2, 0.25) is 0 Å². The number of unbranched alkanes of at least 4 members (excludes halogenated alkanes) is 7. The fraction of sp³-hybridized carbons (Fsp3) is 1.00. The van der Waals surface area contributed by atoms with Gasteiger partial charge in [0.05, 0.1) is 0 Å². The third-order valence-electron chi connectivity index (χ3n) is 3.01. The first-order chi connectivity index (χ1) is 9.13.